The van der Waals surface area contributed by atoms with Gasteiger partial charge in [-0.2, -0.15) is 0 Å². The molecule has 1 aromatic rings. The van der Waals surface area contributed by atoms with Gasteiger partial charge in [0, 0.05) is 11.6 Å². The molecule has 0 unspecified atom stereocenters. The zero-order chi connectivity index (χ0) is 16.1. The van der Waals surface area contributed by atoms with E-state index in [1.54, 1.807) is 0 Å². The number of fused-ring (bicyclic) bond motifs is 2. The molecule has 1 aliphatic carbocycles. The van der Waals surface area contributed by atoms with E-state index in [0.717, 1.165) is 24.1 Å². The van der Waals surface area contributed by atoms with E-state index >= 15 is 0 Å². The molecule has 22 heavy (non-hydrogen) atoms. The van der Waals surface area contributed by atoms with Gasteiger partial charge in [-0.15, -0.1) is 0 Å². The standard InChI is InChI=1S/C18H24N2O2/c1-12-7-5-6-8-14(12)19-11-20-15(21)13-9-10-18(4,16(20)22)17(13,2)3/h5-8,13,19H,9-11H2,1-4H3/t13-,18-/m1/s1. The predicted octanol–water partition coefficient (Wildman–Crippen LogP) is 3.18. The number of carbonyl (C=O) groups excluding carboxylic acids is 2. The van der Waals surface area contributed by atoms with Crippen molar-refractivity contribution < 1.29 is 9.59 Å². The average Bonchev–Trinajstić information content (AvgIpc) is 2.65. The van der Waals surface area contributed by atoms with Gasteiger partial charge in [-0.25, -0.2) is 0 Å². The number of carbonyl (C=O) groups is 2. The first-order valence-corrected chi connectivity index (χ1v) is 7.94. The van der Waals surface area contributed by atoms with Crippen molar-refractivity contribution in [3.05, 3.63) is 29.8 Å². The molecule has 0 aromatic heterocycles. The molecular weight excluding hydrogens is 276 g/mol. The fraction of sp³-hybridized carbons (Fsp3) is 0.556. The van der Waals surface area contributed by atoms with E-state index in [2.05, 4.69) is 19.2 Å². The highest BCUT2D eigenvalue weighted by molar-refractivity contribution is 6.04. The van der Waals surface area contributed by atoms with Crippen molar-refractivity contribution in [3.8, 4) is 0 Å². The number of hydrogen-bond donors (Lipinski definition) is 1. The molecule has 1 N–H and O–H groups in total. The minimum Gasteiger partial charge on any atom is -0.367 e. The van der Waals surface area contributed by atoms with E-state index < -0.39 is 5.41 Å². The molecule has 1 saturated heterocycles. The molecule has 1 saturated carbocycles. The van der Waals surface area contributed by atoms with Gasteiger partial charge in [-0.1, -0.05) is 39.0 Å². The molecule has 2 atom stereocenters. The number of benzene rings is 1. The van der Waals surface area contributed by atoms with Crippen LogP contribution in [0, 0.1) is 23.7 Å². The third-order valence-corrected chi connectivity index (χ3v) is 6.08. The van der Waals surface area contributed by atoms with Gasteiger partial charge in [0.05, 0.1) is 12.1 Å². The number of nitrogens with zero attached hydrogens (tertiary/aromatic N) is 1. The second-order valence-corrected chi connectivity index (χ2v) is 7.37. The molecule has 3 rings (SSSR count). The highest BCUT2D eigenvalue weighted by Crippen LogP contribution is 2.59. The van der Waals surface area contributed by atoms with Crippen LogP contribution in [0.15, 0.2) is 24.3 Å². The van der Waals surface area contributed by atoms with Crippen LogP contribution in [0.1, 0.15) is 39.2 Å². The molecule has 0 spiro atoms. The lowest BCUT2D eigenvalue weighted by Crippen LogP contribution is -2.60. The Balaban J connectivity index is 1.83. The number of hydrogen-bond acceptors (Lipinski definition) is 3. The average molecular weight is 300 g/mol. The predicted molar refractivity (Wildman–Crippen MR) is 86.1 cm³/mol. The SMILES string of the molecule is Cc1ccccc1NCN1C(=O)[C@H]2CC[C@](C)(C1=O)C2(C)C. The van der Waals surface area contributed by atoms with Gasteiger partial charge >= 0.3 is 0 Å². The first-order chi connectivity index (χ1) is 10.3. The smallest absolute Gasteiger partial charge is 0.237 e. The number of amides is 2. The monoisotopic (exact) mass is 300 g/mol. The third kappa shape index (κ3) is 1.89. The summed E-state index contributed by atoms with van der Waals surface area (Å²) in [4.78, 5) is 27.1. The summed E-state index contributed by atoms with van der Waals surface area (Å²) in [5.41, 5.74) is 1.39. The summed E-state index contributed by atoms with van der Waals surface area (Å²) in [6.07, 6.45) is 1.62. The van der Waals surface area contributed by atoms with Gasteiger partial charge in [-0.05, 0) is 36.8 Å². The molecule has 1 aromatic carbocycles. The van der Waals surface area contributed by atoms with Crippen LogP contribution >= 0.6 is 0 Å². The molecule has 2 fully saturated rings. The Morgan fingerprint density at radius 2 is 1.91 bits per heavy atom. The molecule has 1 heterocycles. The van der Waals surface area contributed by atoms with Gasteiger partial charge in [-0.3, -0.25) is 14.5 Å². The lowest BCUT2D eigenvalue weighted by Gasteiger charge is -2.47. The van der Waals surface area contributed by atoms with Crippen LogP contribution in [0.5, 0.6) is 0 Å². The second-order valence-electron chi connectivity index (χ2n) is 7.37. The number of nitrogens with one attached hydrogen (secondary N) is 1. The largest absolute Gasteiger partial charge is 0.367 e. The summed E-state index contributed by atoms with van der Waals surface area (Å²) < 4.78 is 0. The van der Waals surface area contributed by atoms with Gasteiger partial charge in [0.15, 0.2) is 0 Å². The van der Waals surface area contributed by atoms with Crippen molar-refractivity contribution in [2.45, 2.75) is 40.5 Å². The number of likely N-dealkylation sites (tertiary alicyclic amines) is 1. The fourth-order valence-electron chi connectivity index (χ4n) is 3.99. The summed E-state index contributed by atoms with van der Waals surface area (Å²) in [5, 5.41) is 3.24. The van der Waals surface area contributed by atoms with Gasteiger partial charge < -0.3 is 5.32 Å². The number of aryl methyl sites for hydroxylation is 1. The van der Waals surface area contributed by atoms with Crippen molar-refractivity contribution >= 4 is 17.5 Å². The minimum absolute atomic E-state index is 0.0222. The topological polar surface area (TPSA) is 49.4 Å². The highest BCUT2D eigenvalue weighted by atomic mass is 16.2. The molecule has 0 radical (unpaired) electrons. The summed E-state index contributed by atoms with van der Waals surface area (Å²) in [7, 11) is 0. The van der Waals surface area contributed by atoms with Crippen LogP contribution < -0.4 is 5.32 Å². The lowest BCUT2D eigenvalue weighted by atomic mass is 9.62. The normalized spacial score (nSPS) is 29.8. The van der Waals surface area contributed by atoms with Crippen LogP contribution in [-0.4, -0.2) is 23.4 Å². The van der Waals surface area contributed by atoms with Crippen molar-refractivity contribution in [1.82, 2.24) is 4.90 Å². The zero-order valence-corrected chi connectivity index (χ0v) is 13.8. The number of para-hydroxylation sites is 1. The van der Waals surface area contributed by atoms with E-state index in [-0.39, 0.29) is 29.8 Å². The molecule has 1 aliphatic heterocycles. The quantitative estimate of drug-likeness (QED) is 0.872. The van der Waals surface area contributed by atoms with Gasteiger partial charge in [0.1, 0.15) is 0 Å². The lowest BCUT2D eigenvalue weighted by molar-refractivity contribution is -0.167. The van der Waals surface area contributed by atoms with Crippen molar-refractivity contribution in [1.29, 1.82) is 0 Å². The van der Waals surface area contributed by atoms with Crippen LogP contribution in [0.2, 0.25) is 0 Å². The summed E-state index contributed by atoms with van der Waals surface area (Å²) >= 11 is 0. The van der Waals surface area contributed by atoms with E-state index in [0.29, 0.717) is 0 Å². The Bertz CT molecular complexity index is 638. The molecule has 118 valence electrons. The molecule has 2 aliphatic rings. The Kier molecular flexibility index (Phi) is 3.31. The van der Waals surface area contributed by atoms with Crippen LogP contribution in [0.25, 0.3) is 0 Å². The Labute approximate surface area is 131 Å². The molecule has 4 heteroatoms. The second kappa shape index (κ2) is 4.83. The van der Waals surface area contributed by atoms with Gasteiger partial charge in [0.25, 0.3) is 0 Å². The summed E-state index contributed by atoms with van der Waals surface area (Å²) in [5.74, 6) is -0.0998. The van der Waals surface area contributed by atoms with E-state index in [4.69, 9.17) is 0 Å². The Morgan fingerprint density at radius 3 is 2.59 bits per heavy atom. The zero-order valence-electron chi connectivity index (χ0n) is 13.8. The summed E-state index contributed by atoms with van der Waals surface area (Å²) in [6.45, 7) is 8.41. The van der Waals surface area contributed by atoms with Crippen molar-refractivity contribution in [3.63, 3.8) is 0 Å². The Morgan fingerprint density at radius 1 is 1.23 bits per heavy atom. The summed E-state index contributed by atoms with van der Waals surface area (Å²) in [6, 6.07) is 7.90. The van der Waals surface area contributed by atoms with Crippen LogP contribution in [0.4, 0.5) is 5.69 Å². The maximum Gasteiger partial charge on any atom is 0.237 e. The number of imide groups is 1. The molecule has 4 nitrogen and oxygen atoms in total. The first kappa shape index (κ1) is 15.1. The van der Waals surface area contributed by atoms with E-state index in [1.807, 2.05) is 38.1 Å². The molecular formula is C18H24N2O2. The third-order valence-electron chi connectivity index (χ3n) is 6.08. The maximum absolute atomic E-state index is 12.9. The molecule has 2 amide bonds. The van der Waals surface area contributed by atoms with Gasteiger partial charge in [0.2, 0.25) is 11.8 Å². The Hall–Kier alpha value is -1.84. The molecule has 2 bridgehead atoms. The number of rotatable bonds is 3. The van der Waals surface area contributed by atoms with E-state index in [1.165, 1.54) is 4.90 Å². The fourth-order valence-corrected chi connectivity index (χ4v) is 3.99. The number of anilines is 1. The number of piperidine rings is 1. The van der Waals surface area contributed by atoms with E-state index in [9.17, 15) is 9.59 Å². The van der Waals surface area contributed by atoms with Crippen LogP contribution in [-0.2, 0) is 9.59 Å². The van der Waals surface area contributed by atoms with Crippen molar-refractivity contribution in [2.24, 2.45) is 16.7 Å². The van der Waals surface area contributed by atoms with Crippen LogP contribution in [0.3, 0.4) is 0 Å². The van der Waals surface area contributed by atoms with Crippen molar-refractivity contribution in [2.75, 3.05) is 12.0 Å². The maximum atomic E-state index is 12.9. The highest BCUT2D eigenvalue weighted by Gasteiger charge is 2.64. The minimum atomic E-state index is -0.432. The first-order valence-electron chi connectivity index (χ1n) is 7.94.